The van der Waals surface area contributed by atoms with Gasteiger partial charge in [-0.1, -0.05) is 6.07 Å². The van der Waals surface area contributed by atoms with E-state index in [2.05, 4.69) is 0 Å². The second-order valence-electron chi connectivity index (χ2n) is 7.79. The highest BCUT2D eigenvalue weighted by atomic mass is 19.1. The minimum absolute atomic E-state index is 0.0329. The maximum atomic E-state index is 13.8. The molecule has 0 bridgehead atoms. The largest absolute Gasteiger partial charge is 0.421 e. The van der Waals surface area contributed by atoms with E-state index in [1.54, 1.807) is 18.0 Å². The quantitative estimate of drug-likeness (QED) is 0.673. The number of anilines is 1. The van der Waals surface area contributed by atoms with Crippen LogP contribution >= 0.6 is 0 Å². The van der Waals surface area contributed by atoms with Crippen LogP contribution in [0.5, 0.6) is 0 Å². The minimum atomic E-state index is -0.881. The lowest BCUT2D eigenvalue weighted by atomic mass is 10.2. The molecule has 9 nitrogen and oxygen atoms in total. The van der Waals surface area contributed by atoms with Crippen LogP contribution in [0.15, 0.2) is 24.3 Å². The summed E-state index contributed by atoms with van der Waals surface area (Å²) < 4.78 is 19.4. The number of hydrogen-bond donors (Lipinski definition) is 0. The van der Waals surface area contributed by atoms with Gasteiger partial charge in [0.1, 0.15) is 11.6 Å². The minimum Gasteiger partial charge on any atom is -0.421 e. The number of ether oxygens (including phenoxy) is 1. The Hall–Kier alpha value is -3.01. The van der Waals surface area contributed by atoms with E-state index in [0.29, 0.717) is 31.9 Å². The summed E-state index contributed by atoms with van der Waals surface area (Å²) in [6, 6.07) is 5.63. The molecule has 2 aliphatic heterocycles. The molecule has 2 aliphatic rings. The summed E-state index contributed by atoms with van der Waals surface area (Å²) in [6.45, 7) is 4.52. The third-order valence-corrected chi connectivity index (χ3v) is 5.63. The molecular formula is C21H27FN4O5. The van der Waals surface area contributed by atoms with Crippen LogP contribution in [0.3, 0.4) is 0 Å². The number of cyclic esters (lactones) is 1. The maximum absolute atomic E-state index is 13.8. The van der Waals surface area contributed by atoms with E-state index in [4.69, 9.17) is 4.74 Å². The fourth-order valence-electron chi connectivity index (χ4n) is 3.82. The Balaban J connectivity index is 1.80. The fraction of sp³-hybridized carbons (Fsp3) is 0.524. The lowest BCUT2D eigenvalue weighted by Gasteiger charge is -2.42. The van der Waals surface area contributed by atoms with Crippen LogP contribution in [0, 0.1) is 5.82 Å². The van der Waals surface area contributed by atoms with Crippen LogP contribution < -0.4 is 4.90 Å². The predicted octanol–water partition coefficient (Wildman–Crippen LogP) is 1.43. The Morgan fingerprint density at radius 2 is 1.81 bits per heavy atom. The molecule has 0 spiro atoms. The van der Waals surface area contributed by atoms with Gasteiger partial charge in [-0.2, -0.15) is 0 Å². The summed E-state index contributed by atoms with van der Waals surface area (Å²) in [4.78, 5) is 54.5. The van der Waals surface area contributed by atoms with Gasteiger partial charge in [0.2, 0.25) is 18.0 Å². The number of Topliss-reactive ketones (excluding diaryl/α,β-unsaturated/α-hetero) is 1. The van der Waals surface area contributed by atoms with Gasteiger partial charge in [-0.15, -0.1) is 0 Å². The van der Waals surface area contributed by atoms with Crippen molar-refractivity contribution < 1.29 is 28.3 Å². The number of halogens is 1. The van der Waals surface area contributed by atoms with Gasteiger partial charge >= 0.3 is 6.09 Å². The molecule has 0 aromatic heterocycles. The Morgan fingerprint density at radius 3 is 2.39 bits per heavy atom. The van der Waals surface area contributed by atoms with Gasteiger partial charge in [0.05, 0.1) is 5.69 Å². The van der Waals surface area contributed by atoms with Crippen molar-refractivity contribution in [3.05, 3.63) is 30.1 Å². The first-order chi connectivity index (χ1) is 14.7. The van der Waals surface area contributed by atoms with Crippen molar-refractivity contribution in [1.29, 1.82) is 0 Å². The molecule has 2 saturated heterocycles. The highest BCUT2D eigenvalue weighted by Gasteiger charge is 2.49. The first-order valence-electron chi connectivity index (χ1n) is 10.2. The number of ketones is 1. The van der Waals surface area contributed by atoms with E-state index in [1.165, 1.54) is 41.8 Å². The van der Waals surface area contributed by atoms with Crippen molar-refractivity contribution in [2.75, 3.05) is 38.1 Å². The van der Waals surface area contributed by atoms with Crippen molar-refractivity contribution >= 4 is 29.4 Å². The number of amides is 3. The van der Waals surface area contributed by atoms with E-state index >= 15 is 0 Å². The first-order valence-corrected chi connectivity index (χ1v) is 10.2. The monoisotopic (exact) mass is 434 g/mol. The van der Waals surface area contributed by atoms with Crippen LogP contribution in [0.1, 0.15) is 26.7 Å². The molecular weight excluding hydrogens is 407 g/mol. The van der Waals surface area contributed by atoms with Gasteiger partial charge in [-0.25, -0.2) is 9.18 Å². The molecule has 1 aromatic carbocycles. The van der Waals surface area contributed by atoms with Crippen molar-refractivity contribution in [3.8, 4) is 0 Å². The summed E-state index contributed by atoms with van der Waals surface area (Å²) in [5, 5.41) is 0. The Bertz CT molecular complexity index is 871. The molecule has 0 N–H and O–H groups in total. The average molecular weight is 434 g/mol. The van der Waals surface area contributed by atoms with Gasteiger partial charge in [0, 0.05) is 53.0 Å². The standard InChI is InChI=1S/C21H27FN4O5/c1-14(27)7-8-18(29)24-9-11-25(12-10-24)19-20(23(3)15(2)28)31-21(30)26(19)17-6-4-5-16(22)13-17/h4-6,13,19-20H,7-12H2,1-3H3. The van der Waals surface area contributed by atoms with Crippen molar-refractivity contribution in [1.82, 2.24) is 14.7 Å². The summed E-state index contributed by atoms with van der Waals surface area (Å²) in [5.74, 6) is -0.891. The van der Waals surface area contributed by atoms with Crippen molar-refractivity contribution in [2.24, 2.45) is 0 Å². The molecule has 10 heteroatoms. The van der Waals surface area contributed by atoms with Crippen LogP contribution in [-0.2, 0) is 19.1 Å². The number of carbonyl (C=O) groups is 4. The first kappa shape index (κ1) is 22.7. The zero-order valence-corrected chi connectivity index (χ0v) is 17.9. The molecule has 2 fully saturated rings. The van der Waals surface area contributed by atoms with E-state index < -0.39 is 24.3 Å². The normalized spacial score (nSPS) is 21.7. The SMILES string of the molecule is CC(=O)CCC(=O)N1CCN(C2C(N(C)C(C)=O)OC(=O)N2c2cccc(F)c2)CC1. The van der Waals surface area contributed by atoms with Crippen LogP contribution in [0.2, 0.25) is 0 Å². The molecule has 1 aromatic rings. The molecule has 0 saturated carbocycles. The highest BCUT2D eigenvalue weighted by Crippen LogP contribution is 2.31. The third kappa shape index (κ3) is 5.01. The number of rotatable bonds is 6. The van der Waals surface area contributed by atoms with E-state index in [9.17, 15) is 23.6 Å². The zero-order valence-electron chi connectivity index (χ0n) is 17.9. The summed E-state index contributed by atoms with van der Waals surface area (Å²) in [7, 11) is 1.55. The smallest absolute Gasteiger partial charge is 0.417 e. The molecule has 0 aliphatic carbocycles. The predicted molar refractivity (Wildman–Crippen MR) is 109 cm³/mol. The number of piperazine rings is 1. The fourth-order valence-corrected chi connectivity index (χ4v) is 3.82. The molecule has 168 valence electrons. The van der Waals surface area contributed by atoms with Gasteiger partial charge in [-0.05, 0) is 25.1 Å². The van der Waals surface area contributed by atoms with Gasteiger partial charge in [0.25, 0.3) is 0 Å². The number of nitrogens with zero attached hydrogens (tertiary/aromatic N) is 4. The topological polar surface area (TPSA) is 90.5 Å². The molecule has 3 rings (SSSR count). The number of carbonyl (C=O) groups excluding carboxylic acids is 4. The second kappa shape index (κ2) is 9.42. The number of benzene rings is 1. The summed E-state index contributed by atoms with van der Waals surface area (Å²) in [6.07, 6.45) is -1.84. The number of likely N-dealkylation sites (N-methyl/N-ethyl adjacent to an activating group) is 1. The van der Waals surface area contributed by atoms with Gasteiger partial charge in [-0.3, -0.25) is 19.4 Å². The zero-order chi connectivity index (χ0) is 22.7. The highest BCUT2D eigenvalue weighted by molar-refractivity contribution is 5.91. The van der Waals surface area contributed by atoms with E-state index in [-0.39, 0.29) is 30.4 Å². The van der Waals surface area contributed by atoms with Crippen LogP contribution in [0.25, 0.3) is 0 Å². The lowest BCUT2D eigenvalue weighted by molar-refractivity contribution is -0.139. The molecule has 2 heterocycles. The van der Waals surface area contributed by atoms with Crippen LogP contribution in [-0.4, -0.2) is 84.0 Å². The average Bonchev–Trinajstić information content (AvgIpc) is 3.08. The maximum Gasteiger partial charge on any atom is 0.417 e. The second-order valence-corrected chi connectivity index (χ2v) is 7.79. The van der Waals surface area contributed by atoms with Crippen LogP contribution in [0.4, 0.5) is 14.9 Å². The molecule has 3 amide bonds. The Kier molecular flexibility index (Phi) is 6.89. The van der Waals surface area contributed by atoms with Gasteiger partial charge in [0.15, 0.2) is 6.17 Å². The molecule has 0 radical (unpaired) electrons. The van der Waals surface area contributed by atoms with Crippen molar-refractivity contribution in [2.45, 2.75) is 39.1 Å². The Labute approximate surface area is 180 Å². The summed E-state index contributed by atoms with van der Waals surface area (Å²) in [5.41, 5.74) is 0.328. The lowest BCUT2D eigenvalue weighted by Crippen LogP contribution is -2.61. The molecule has 31 heavy (non-hydrogen) atoms. The van der Waals surface area contributed by atoms with E-state index in [1.807, 2.05) is 4.90 Å². The Morgan fingerprint density at radius 1 is 1.13 bits per heavy atom. The van der Waals surface area contributed by atoms with E-state index in [0.717, 1.165) is 0 Å². The number of hydrogen-bond acceptors (Lipinski definition) is 6. The summed E-state index contributed by atoms with van der Waals surface area (Å²) >= 11 is 0. The molecule has 2 unspecified atom stereocenters. The van der Waals surface area contributed by atoms with Gasteiger partial charge < -0.3 is 19.3 Å². The van der Waals surface area contributed by atoms with Crippen molar-refractivity contribution in [3.63, 3.8) is 0 Å². The molecule has 2 atom stereocenters. The third-order valence-electron chi connectivity index (χ3n) is 5.63.